The highest BCUT2D eigenvalue weighted by Gasteiger charge is 2.35. The van der Waals surface area contributed by atoms with Gasteiger partial charge in [0.05, 0.1) is 5.56 Å². The SMILES string of the molecule is CNC(CC1CCOC1)c1cnccc1C(F)(F)F. The maximum Gasteiger partial charge on any atom is 0.416 e. The summed E-state index contributed by atoms with van der Waals surface area (Å²) >= 11 is 0. The van der Waals surface area contributed by atoms with Gasteiger partial charge >= 0.3 is 6.18 Å². The first-order chi connectivity index (χ1) is 9.02. The summed E-state index contributed by atoms with van der Waals surface area (Å²) in [5.41, 5.74) is -0.398. The standard InChI is InChI=1S/C13H17F3N2O/c1-17-12(6-9-3-5-19-8-9)10-7-18-4-2-11(10)13(14,15)16/h2,4,7,9,12,17H,3,5-6,8H2,1H3. The Hall–Kier alpha value is -1.14. The van der Waals surface area contributed by atoms with Crippen molar-refractivity contribution in [2.45, 2.75) is 25.1 Å². The van der Waals surface area contributed by atoms with Crippen LogP contribution in [-0.2, 0) is 10.9 Å². The second kappa shape index (κ2) is 5.88. The molecule has 0 aromatic carbocycles. The minimum atomic E-state index is -4.35. The third-order valence-electron chi connectivity index (χ3n) is 3.47. The van der Waals surface area contributed by atoms with E-state index >= 15 is 0 Å². The molecule has 1 aliphatic heterocycles. The van der Waals surface area contributed by atoms with Crippen LogP contribution in [0.1, 0.15) is 30.0 Å². The zero-order chi connectivity index (χ0) is 13.9. The van der Waals surface area contributed by atoms with E-state index in [0.717, 1.165) is 12.5 Å². The molecule has 3 nitrogen and oxygen atoms in total. The molecule has 1 saturated heterocycles. The molecule has 2 rings (SSSR count). The molecule has 0 bridgehead atoms. The van der Waals surface area contributed by atoms with E-state index in [1.807, 2.05) is 0 Å². The Balaban J connectivity index is 2.22. The van der Waals surface area contributed by atoms with E-state index in [2.05, 4.69) is 10.3 Å². The number of pyridine rings is 1. The molecule has 0 aliphatic carbocycles. The molecule has 1 aliphatic rings. The fraction of sp³-hybridized carbons (Fsp3) is 0.615. The van der Waals surface area contributed by atoms with Crippen molar-refractivity contribution in [2.24, 2.45) is 5.92 Å². The van der Waals surface area contributed by atoms with E-state index in [9.17, 15) is 13.2 Å². The normalized spacial score (nSPS) is 21.6. The van der Waals surface area contributed by atoms with E-state index in [4.69, 9.17) is 4.74 Å². The predicted octanol–water partition coefficient (Wildman–Crippen LogP) is 2.79. The number of halogens is 3. The van der Waals surface area contributed by atoms with Gasteiger partial charge in [-0.05, 0) is 37.4 Å². The summed E-state index contributed by atoms with van der Waals surface area (Å²) in [5, 5.41) is 2.96. The van der Waals surface area contributed by atoms with Crippen molar-refractivity contribution in [1.29, 1.82) is 0 Å². The second-order valence-electron chi connectivity index (χ2n) is 4.77. The van der Waals surface area contributed by atoms with Gasteiger partial charge in [0, 0.05) is 31.6 Å². The summed E-state index contributed by atoms with van der Waals surface area (Å²) in [7, 11) is 1.67. The first-order valence-electron chi connectivity index (χ1n) is 6.28. The Morgan fingerprint density at radius 1 is 1.53 bits per heavy atom. The summed E-state index contributed by atoms with van der Waals surface area (Å²) in [6.45, 7) is 1.32. The third-order valence-corrected chi connectivity index (χ3v) is 3.47. The van der Waals surface area contributed by atoms with Gasteiger partial charge in [0.2, 0.25) is 0 Å². The first-order valence-corrected chi connectivity index (χ1v) is 6.28. The van der Waals surface area contributed by atoms with E-state index in [-0.39, 0.29) is 11.6 Å². The van der Waals surface area contributed by atoms with Crippen LogP contribution < -0.4 is 5.32 Å². The monoisotopic (exact) mass is 274 g/mol. The van der Waals surface area contributed by atoms with Gasteiger partial charge in [0.25, 0.3) is 0 Å². The quantitative estimate of drug-likeness (QED) is 0.916. The number of alkyl halides is 3. The van der Waals surface area contributed by atoms with Crippen LogP contribution in [0.3, 0.4) is 0 Å². The zero-order valence-electron chi connectivity index (χ0n) is 10.7. The average Bonchev–Trinajstić information content (AvgIpc) is 2.88. The molecule has 6 heteroatoms. The van der Waals surface area contributed by atoms with Crippen molar-refractivity contribution in [3.8, 4) is 0 Å². The smallest absolute Gasteiger partial charge is 0.381 e. The number of aromatic nitrogens is 1. The maximum absolute atomic E-state index is 13.0. The highest BCUT2D eigenvalue weighted by Crippen LogP contribution is 2.36. The molecular weight excluding hydrogens is 257 g/mol. The molecular formula is C13H17F3N2O. The summed E-state index contributed by atoms with van der Waals surface area (Å²) in [6, 6.07) is 0.683. The third kappa shape index (κ3) is 3.45. The van der Waals surface area contributed by atoms with Crippen LogP contribution in [0.5, 0.6) is 0 Å². The van der Waals surface area contributed by atoms with E-state index < -0.39 is 11.7 Å². The lowest BCUT2D eigenvalue weighted by atomic mass is 9.92. The zero-order valence-corrected chi connectivity index (χ0v) is 10.7. The summed E-state index contributed by atoms with van der Waals surface area (Å²) < 4.78 is 44.2. The Kier molecular flexibility index (Phi) is 4.42. The van der Waals surface area contributed by atoms with Crippen molar-refractivity contribution in [1.82, 2.24) is 10.3 Å². The van der Waals surface area contributed by atoms with Crippen molar-refractivity contribution >= 4 is 0 Å². The molecule has 0 spiro atoms. The van der Waals surface area contributed by atoms with Crippen molar-refractivity contribution < 1.29 is 17.9 Å². The van der Waals surface area contributed by atoms with Gasteiger partial charge in [-0.1, -0.05) is 0 Å². The number of rotatable bonds is 4. The minimum absolute atomic E-state index is 0.212. The summed E-state index contributed by atoms with van der Waals surface area (Å²) in [5.74, 6) is 0.304. The van der Waals surface area contributed by atoms with Crippen LogP contribution in [0.15, 0.2) is 18.5 Å². The molecule has 1 aromatic heterocycles. The number of hydrogen-bond acceptors (Lipinski definition) is 3. The predicted molar refractivity (Wildman–Crippen MR) is 64.6 cm³/mol. The molecule has 2 heterocycles. The van der Waals surface area contributed by atoms with Crippen LogP contribution in [0, 0.1) is 5.92 Å². The minimum Gasteiger partial charge on any atom is -0.381 e. The lowest BCUT2D eigenvalue weighted by molar-refractivity contribution is -0.138. The van der Waals surface area contributed by atoms with Crippen LogP contribution in [0.2, 0.25) is 0 Å². The average molecular weight is 274 g/mol. The Morgan fingerprint density at radius 2 is 2.32 bits per heavy atom. The van der Waals surface area contributed by atoms with Crippen LogP contribution >= 0.6 is 0 Å². The second-order valence-corrected chi connectivity index (χ2v) is 4.77. The molecule has 106 valence electrons. The highest BCUT2D eigenvalue weighted by atomic mass is 19.4. The van der Waals surface area contributed by atoms with Crippen molar-refractivity contribution in [3.05, 3.63) is 29.6 Å². The van der Waals surface area contributed by atoms with Crippen molar-refractivity contribution in [2.75, 3.05) is 20.3 Å². The van der Waals surface area contributed by atoms with Gasteiger partial charge < -0.3 is 10.1 Å². The fourth-order valence-electron chi connectivity index (χ4n) is 2.45. The maximum atomic E-state index is 13.0. The van der Waals surface area contributed by atoms with E-state index in [0.29, 0.717) is 25.6 Å². The van der Waals surface area contributed by atoms with Gasteiger partial charge in [0.15, 0.2) is 0 Å². The lowest BCUT2D eigenvalue weighted by Crippen LogP contribution is -2.23. The molecule has 0 radical (unpaired) electrons. The largest absolute Gasteiger partial charge is 0.416 e. The van der Waals surface area contributed by atoms with Crippen molar-refractivity contribution in [3.63, 3.8) is 0 Å². The Bertz CT molecular complexity index is 417. The molecule has 1 aromatic rings. The summed E-state index contributed by atoms with van der Waals surface area (Å²) in [4.78, 5) is 3.83. The topological polar surface area (TPSA) is 34.1 Å². The van der Waals surface area contributed by atoms with Gasteiger partial charge in [-0.15, -0.1) is 0 Å². The molecule has 1 fully saturated rings. The number of hydrogen-bond donors (Lipinski definition) is 1. The number of ether oxygens (including phenoxy) is 1. The van der Waals surface area contributed by atoms with Crippen LogP contribution in [-0.4, -0.2) is 25.2 Å². The molecule has 19 heavy (non-hydrogen) atoms. The Morgan fingerprint density at radius 3 is 2.89 bits per heavy atom. The van der Waals surface area contributed by atoms with E-state index in [1.54, 1.807) is 7.05 Å². The van der Waals surface area contributed by atoms with Gasteiger partial charge in [-0.2, -0.15) is 13.2 Å². The molecule has 2 atom stereocenters. The first kappa shape index (κ1) is 14.3. The van der Waals surface area contributed by atoms with E-state index in [1.165, 1.54) is 12.4 Å². The number of nitrogens with one attached hydrogen (secondary N) is 1. The molecule has 0 saturated carbocycles. The highest BCUT2D eigenvalue weighted by molar-refractivity contribution is 5.29. The van der Waals surface area contributed by atoms with Gasteiger partial charge in [-0.3, -0.25) is 4.98 Å². The summed E-state index contributed by atoms with van der Waals surface area (Å²) in [6.07, 6.45) is -0.331. The number of nitrogens with zero attached hydrogens (tertiary/aromatic N) is 1. The van der Waals surface area contributed by atoms with Gasteiger partial charge in [-0.25, -0.2) is 0 Å². The molecule has 1 N–H and O–H groups in total. The van der Waals surface area contributed by atoms with Crippen LogP contribution in [0.25, 0.3) is 0 Å². The lowest BCUT2D eigenvalue weighted by Gasteiger charge is -2.23. The van der Waals surface area contributed by atoms with Crippen LogP contribution in [0.4, 0.5) is 13.2 Å². The molecule has 0 amide bonds. The van der Waals surface area contributed by atoms with Gasteiger partial charge in [0.1, 0.15) is 0 Å². The molecule has 2 unspecified atom stereocenters. The fourth-order valence-corrected chi connectivity index (χ4v) is 2.45. The Labute approximate surface area is 110 Å².